The average molecular weight is 277 g/mol. The first-order valence-corrected chi connectivity index (χ1v) is 7.15. The van der Waals surface area contributed by atoms with E-state index >= 15 is 0 Å². The Morgan fingerprint density at radius 1 is 1.35 bits per heavy atom. The minimum Gasteiger partial charge on any atom is -0.471 e. The van der Waals surface area contributed by atoms with E-state index in [0.717, 1.165) is 25.2 Å². The molecule has 1 aromatic carbocycles. The number of carbonyl (C=O) groups excluding carboxylic acids is 1. The number of aliphatic hydroxyl groups is 1. The first-order chi connectivity index (χ1) is 9.74. The van der Waals surface area contributed by atoms with Gasteiger partial charge in [-0.15, -0.1) is 0 Å². The molecule has 108 valence electrons. The van der Waals surface area contributed by atoms with Crippen molar-refractivity contribution < 1.29 is 14.3 Å². The Hall–Kier alpha value is -1.43. The number of hydrogen-bond donors (Lipinski definition) is 2. The summed E-state index contributed by atoms with van der Waals surface area (Å²) >= 11 is 0. The quantitative estimate of drug-likeness (QED) is 0.636. The maximum Gasteiger partial charge on any atom is 0.393 e. The van der Waals surface area contributed by atoms with Crippen LogP contribution < -0.4 is 10.5 Å². The molecule has 5 heteroatoms. The predicted molar refractivity (Wildman–Crippen MR) is 76.1 cm³/mol. The average Bonchev–Trinajstić information content (AvgIpc) is 2.99. The fourth-order valence-electron chi connectivity index (χ4n) is 2.78. The summed E-state index contributed by atoms with van der Waals surface area (Å²) in [7, 11) is 0. The molecule has 2 aliphatic rings. The third-order valence-corrected chi connectivity index (χ3v) is 3.90. The second kappa shape index (κ2) is 5.91. The molecule has 0 spiro atoms. The monoisotopic (exact) mass is 277 g/mol. The van der Waals surface area contributed by atoms with Gasteiger partial charge in [-0.1, -0.05) is 0 Å². The molecule has 0 radical (unpaired) electrons. The van der Waals surface area contributed by atoms with Crippen LogP contribution in [0.2, 0.25) is 0 Å². The lowest BCUT2D eigenvalue weighted by atomic mass is 10.0. The zero-order chi connectivity index (χ0) is 13.9. The Bertz CT molecular complexity index is 498. The molecule has 0 bridgehead atoms. The van der Waals surface area contributed by atoms with Crippen LogP contribution in [0.25, 0.3) is 0 Å². The van der Waals surface area contributed by atoms with Crippen LogP contribution in [-0.4, -0.2) is 48.6 Å². The number of nitrogens with zero attached hydrogens (tertiary/aromatic N) is 1. The van der Waals surface area contributed by atoms with Gasteiger partial charge in [-0.05, 0) is 43.6 Å². The van der Waals surface area contributed by atoms with Gasteiger partial charge in [0.05, 0.1) is 6.10 Å². The predicted octanol–water partition coefficient (Wildman–Crippen LogP) is 0.983. The van der Waals surface area contributed by atoms with E-state index in [0.29, 0.717) is 18.1 Å². The highest BCUT2D eigenvalue weighted by atomic mass is 16.5. The number of ether oxygens (including phenoxy) is 1. The Morgan fingerprint density at radius 2 is 2.15 bits per heavy atom. The van der Waals surface area contributed by atoms with Crippen molar-refractivity contribution in [1.29, 1.82) is 0 Å². The third-order valence-electron chi connectivity index (χ3n) is 3.90. The van der Waals surface area contributed by atoms with Gasteiger partial charge in [-0.25, -0.2) is 4.42 Å². The Balaban J connectivity index is 1.69. The fraction of sp³-hybridized carbons (Fsp3) is 0.533. The summed E-state index contributed by atoms with van der Waals surface area (Å²) in [5, 5.41) is 10.4. The molecule has 0 saturated carbocycles. The Morgan fingerprint density at radius 3 is 2.95 bits per heavy atom. The maximum absolute atomic E-state index is 10.4. The van der Waals surface area contributed by atoms with Gasteiger partial charge in [0.1, 0.15) is 0 Å². The van der Waals surface area contributed by atoms with Gasteiger partial charge in [0, 0.05) is 18.7 Å². The first kappa shape index (κ1) is 13.5. The standard InChI is InChI=1S/C15H21N2O3/c16-12(10-17-5-1-2-6-17)15(18)11-3-4-13-14(9-11)20-8-7-19-13/h3-4,7,9,12,15,18H,1-2,5-6,8,10,16H2/q+1/t12-,15-/m1/s1. The van der Waals surface area contributed by atoms with Crippen molar-refractivity contribution in [3.8, 4) is 11.5 Å². The molecule has 1 saturated heterocycles. The summed E-state index contributed by atoms with van der Waals surface area (Å²) in [4.78, 5) is 2.31. The number of nitrogens with two attached hydrogens (primary N) is 1. The number of likely N-dealkylation sites (tertiary alicyclic amines) is 1. The summed E-state index contributed by atoms with van der Waals surface area (Å²) in [6, 6.07) is 5.18. The molecule has 1 fully saturated rings. The van der Waals surface area contributed by atoms with Gasteiger partial charge < -0.3 is 20.5 Å². The molecule has 1 aromatic rings. The molecule has 0 amide bonds. The largest absolute Gasteiger partial charge is 0.471 e. The van der Waals surface area contributed by atoms with Gasteiger partial charge in [-0.3, -0.25) is 0 Å². The van der Waals surface area contributed by atoms with Crippen molar-refractivity contribution in [1.82, 2.24) is 4.90 Å². The van der Waals surface area contributed by atoms with Crippen molar-refractivity contribution in [2.24, 2.45) is 5.73 Å². The summed E-state index contributed by atoms with van der Waals surface area (Å²) in [5.41, 5.74) is 6.91. The summed E-state index contributed by atoms with van der Waals surface area (Å²) < 4.78 is 10.8. The number of fused-ring (bicyclic) bond motifs is 1. The maximum atomic E-state index is 10.4. The number of aliphatic hydroxyl groups excluding tert-OH is 1. The number of hydrogen-bond acceptors (Lipinski definition) is 4. The minimum absolute atomic E-state index is 0.290. The lowest BCUT2D eigenvalue weighted by Gasteiger charge is -2.24. The second-order valence-electron chi connectivity index (χ2n) is 5.42. The molecule has 0 unspecified atom stereocenters. The van der Waals surface area contributed by atoms with E-state index in [2.05, 4.69) is 4.90 Å². The molecule has 20 heavy (non-hydrogen) atoms. The van der Waals surface area contributed by atoms with E-state index in [4.69, 9.17) is 14.9 Å². The van der Waals surface area contributed by atoms with Crippen molar-refractivity contribution in [2.75, 3.05) is 26.2 Å². The highest BCUT2D eigenvalue weighted by Gasteiger charge is 2.25. The van der Waals surface area contributed by atoms with Crippen LogP contribution in [0.1, 0.15) is 24.5 Å². The van der Waals surface area contributed by atoms with E-state index in [1.54, 1.807) is 6.29 Å². The van der Waals surface area contributed by atoms with Gasteiger partial charge in [0.15, 0.2) is 6.61 Å². The highest BCUT2D eigenvalue weighted by Crippen LogP contribution is 2.32. The summed E-state index contributed by atoms with van der Waals surface area (Å²) in [6.07, 6.45) is 3.37. The molecule has 2 heterocycles. The van der Waals surface area contributed by atoms with Crippen LogP contribution in [-0.2, 0) is 4.42 Å². The van der Waals surface area contributed by atoms with Gasteiger partial charge in [0.2, 0.25) is 5.75 Å². The molecule has 5 nitrogen and oxygen atoms in total. The van der Waals surface area contributed by atoms with Crippen LogP contribution in [0.3, 0.4) is 0 Å². The van der Waals surface area contributed by atoms with E-state index in [-0.39, 0.29) is 6.04 Å². The summed E-state index contributed by atoms with van der Waals surface area (Å²) in [5.74, 6) is 1.35. The topological polar surface area (TPSA) is 70.0 Å². The second-order valence-corrected chi connectivity index (χ2v) is 5.42. The number of aldehydes is 1. The third kappa shape index (κ3) is 2.85. The fourth-order valence-corrected chi connectivity index (χ4v) is 2.78. The summed E-state index contributed by atoms with van der Waals surface area (Å²) in [6.45, 7) is 3.31. The number of benzene rings is 1. The van der Waals surface area contributed by atoms with E-state index < -0.39 is 6.10 Å². The SMILES string of the molecule is N[C@H](CN1CCCC1)[C@H](O)c1ccc2c(c1)OCC=[O+]2. The van der Waals surface area contributed by atoms with Crippen LogP contribution in [0.4, 0.5) is 0 Å². The van der Waals surface area contributed by atoms with Gasteiger partial charge >= 0.3 is 12.0 Å². The molecule has 2 atom stereocenters. The van der Waals surface area contributed by atoms with Gasteiger partial charge in [0.25, 0.3) is 0 Å². The van der Waals surface area contributed by atoms with Crippen LogP contribution in [0.5, 0.6) is 11.5 Å². The van der Waals surface area contributed by atoms with Crippen molar-refractivity contribution >= 4 is 6.29 Å². The lowest BCUT2D eigenvalue weighted by Crippen LogP contribution is -2.40. The minimum atomic E-state index is -0.685. The molecular weight excluding hydrogens is 256 g/mol. The Labute approximate surface area is 118 Å². The van der Waals surface area contributed by atoms with Crippen LogP contribution in [0, 0.1) is 0 Å². The number of rotatable bonds is 4. The van der Waals surface area contributed by atoms with E-state index in [1.165, 1.54) is 12.8 Å². The molecule has 2 aliphatic heterocycles. The first-order valence-electron chi connectivity index (χ1n) is 7.15. The van der Waals surface area contributed by atoms with Crippen LogP contribution >= 0.6 is 0 Å². The van der Waals surface area contributed by atoms with Crippen molar-refractivity contribution in [2.45, 2.75) is 25.0 Å². The normalized spacial score (nSPS) is 21.3. The smallest absolute Gasteiger partial charge is 0.393 e. The molecular formula is C15H21N2O3+. The van der Waals surface area contributed by atoms with Crippen molar-refractivity contribution in [3.05, 3.63) is 23.8 Å². The van der Waals surface area contributed by atoms with Gasteiger partial charge in [-0.2, -0.15) is 0 Å². The molecule has 3 rings (SSSR count). The molecule has 0 aromatic heterocycles. The zero-order valence-electron chi connectivity index (χ0n) is 11.5. The van der Waals surface area contributed by atoms with Crippen molar-refractivity contribution in [3.63, 3.8) is 0 Å². The molecule has 0 aliphatic carbocycles. The lowest BCUT2D eigenvalue weighted by molar-refractivity contribution is -0.367. The molecule has 3 N–H and O–H groups in total. The van der Waals surface area contributed by atoms with E-state index in [1.807, 2.05) is 18.2 Å². The highest BCUT2D eigenvalue weighted by molar-refractivity contribution is 5.57. The Kier molecular flexibility index (Phi) is 4.00. The van der Waals surface area contributed by atoms with E-state index in [9.17, 15) is 5.11 Å². The zero-order valence-corrected chi connectivity index (χ0v) is 11.5. The van der Waals surface area contributed by atoms with Crippen LogP contribution in [0.15, 0.2) is 18.2 Å².